The average Bonchev–Trinajstić information content (AvgIpc) is 3.43. The molecule has 0 saturated carbocycles. The molecular formula is C24H23N5O5S2. The highest BCUT2D eigenvalue weighted by atomic mass is 32.1. The molecule has 12 heteroatoms. The van der Waals surface area contributed by atoms with Crippen LogP contribution in [0.4, 0.5) is 17.1 Å². The fourth-order valence-electron chi connectivity index (χ4n) is 3.79. The van der Waals surface area contributed by atoms with Gasteiger partial charge in [-0.15, -0.1) is 11.3 Å². The number of carbonyl (C=O) groups excluding carboxylic acids is 2. The molecule has 0 radical (unpaired) electrons. The summed E-state index contributed by atoms with van der Waals surface area (Å²) in [5.74, 6) is -0.443. The molecule has 36 heavy (non-hydrogen) atoms. The van der Waals surface area contributed by atoms with E-state index < -0.39 is 10.8 Å². The number of benzene rings is 2. The Bertz CT molecular complexity index is 1270. The SMILES string of the molecule is COc1ccc(C(=O)NC(=S)Nc2ccc(N3CCN(C(=O)c4cccs4)CC3)cc2)cc1[N+](=O)[O-]. The summed E-state index contributed by atoms with van der Waals surface area (Å²) < 4.78 is 4.95. The van der Waals surface area contributed by atoms with Gasteiger partial charge in [-0.25, -0.2) is 0 Å². The number of methoxy groups -OCH3 is 1. The molecule has 10 nitrogen and oxygen atoms in total. The quantitative estimate of drug-likeness (QED) is 0.284. The van der Waals surface area contributed by atoms with Crippen molar-refractivity contribution >= 4 is 57.5 Å². The van der Waals surface area contributed by atoms with Crippen LogP contribution in [0.1, 0.15) is 20.0 Å². The third-order valence-electron chi connectivity index (χ3n) is 5.65. The molecule has 2 heterocycles. The Labute approximate surface area is 216 Å². The topological polar surface area (TPSA) is 117 Å². The van der Waals surface area contributed by atoms with E-state index >= 15 is 0 Å². The number of nitro benzene ring substituents is 1. The third-order valence-corrected chi connectivity index (χ3v) is 6.72. The predicted octanol–water partition coefficient (Wildman–Crippen LogP) is 3.75. The molecule has 0 atom stereocenters. The second-order valence-electron chi connectivity index (χ2n) is 7.86. The molecule has 2 N–H and O–H groups in total. The van der Waals surface area contributed by atoms with E-state index in [0.717, 1.165) is 29.7 Å². The second kappa shape index (κ2) is 11.1. The molecule has 1 saturated heterocycles. The molecule has 1 aromatic heterocycles. The lowest BCUT2D eigenvalue weighted by Crippen LogP contribution is -2.48. The molecule has 3 aromatic rings. The molecule has 2 amide bonds. The summed E-state index contributed by atoms with van der Waals surface area (Å²) in [5.41, 5.74) is 1.47. The van der Waals surface area contributed by atoms with Gasteiger partial charge in [0.05, 0.1) is 16.9 Å². The smallest absolute Gasteiger partial charge is 0.311 e. The number of ether oxygens (including phenoxy) is 1. The first-order chi connectivity index (χ1) is 17.4. The first kappa shape index (κ1) is 25.1. The fraction of sp³-hybridized carbons (Fsp3) is 0.208. The summed E-state index contributed by atoms with van der Waals surface area (Å²) in [6, 6.07) is 15.2. The van der Waals surface area contributed by atoms with Gasteiger partial charge in [0.1, 0.15) is 0 Å². The van der Waals surface area contributed by atoms with Gasteiger partial charge in [-0.3, -0.25) is 25.0 Å². The number of thiocarbonyl (C=S) groups is 1. The van der Waals surface area contributed by atoms with Crippen LogP contribution in [-0.2, 0) is 0 Å². The summed E-state index contributed by atoms with van der Waals surface area (Å²) in [4.78, 5) is 40.4. The van der Waals surface area contributed by atoms with E-state index in [1.54, 1.807) is 0 Å². The van der Waals surface area contributed by atoms with Crippen molar-refractivity contribution in [3.8, 4) is 5.75 Å². The normalized spacial score (nSPS) is 13.1. The van der Waals surface area contributed by atoms with Crippen molar-refractivity contribution in [1.29, 1.82) is 0 Å². The van der Waals surface area contributed by atoms with Crippen molar-refractivity contribution in [2.75, 3.05) is 43.5 Å². The lowest BCUT2D eigenvalue weighted by molar-refractivity contribution is -0.385. The summed E-state index contributed by atoms with van der Waals surface area (Å²) >= 11 is 6.68. The minimum absolute atomic E-state index is 0.0620. The summed E-state index contributed by atoms with van der Waals surface area (Å²) in [7, 11) is 1.32. The van der Waals surface area contributed by atoms with Crippen LogP contribution in [0, 0.1) is 10.1 Å². The number of nitrogens with zero attached hydrogens (tertiary/aromatic N) is 3. The largest absolute Gasteiger partial charge is 0.490 e. The Balaban J connectivity index is 1.30. The number of nitro groups is 1. The first-order valence-electron chi connectivity index (χ1n) is 11.0. The molecule has 0 unspecified atom stereocenters. The number of piperazine rings is 1. The van der Waals surface area contributed by atoms with Crippen LogP contribution in [0.25, 0.3) is 0 Å². The molecule has 4 rings (SSSR count). The van der Waals surface area contributed by atoms with E-state index in [-0.39, 0.29) is 28.0 Å². The number of amides is 2. The van der Waals surface area contributed by atoms with E-state index in [1.807, 2.05) is 46.7 Å². The van der Waals surface area contributed by atoms with Crippen LogP contribution in [0.3, 0.4) is 0 Å². The molecule has 1 fully saturated rings. The van der Waals surface area contributed by atoms with Gasteiger partial charge in [-0.05, 0) is 60.1 Å². The van der Waals surface area contributed by atoms with Gasteiger partial charge in [0.15, 0.2) is 10.9 Å². The fourth-order valence-corrected chi connectivity index (χ4v) is 4.69. The number of anilines is 2. The highest BCUT2D eigenvalue weighted by Crippen LogP contribution is 2.27. The molecule has 0 spiro atoms. The molecule has 186 valence electrons. The maximum absolute atomic E-state index is 12.5. The minimum Gasteiger partial charge on any atom is -0.490 e. The molecule has 1 aliphatic rings. The Hall–Kier alpha value is -4.03. The highest BCUT2D eigenvalue weighted by Gasteiger charge is 2.23. The average molecular weight is 526 g/mol. The van der Waals surface area contributed by atoms with Gasteiger partial charge in [-0.2, -0.15) is 0 Å². The van der Waals surface area contributed by atoms with Crippen LogP contribution >= 0.6 is 23.6 Å². The van der Waals surface area contributed by atoms with Crippen molar-refractivity contribution in [3.63, 3.8) is 0 Å². The summed E-state index contributed by atoms with van der Waals surface area (Å²) in [5, 5.41) is 18.6. The van der Waals surface area contributed by atoms with Crippen LogP contribution in [0.2, 0.25) is 0 Å². The van der Waals surface area contributed by atoms with Gasteiger partial charge in [-0.1, -0.05) is 6.07 Å². The predicted molar refractivity (Wildman–Crippen MR) is 142 cm³/mol. The zero-order chi connectivity index (χ0) is 25.7. The number of rotatable bonds is 6. The van der Waals surface area contributed by atoms with Crippen LogP contribution in [-0.4, -0.2) is 60.0 Å². The van der Waals surface area contributed by atoms with Crippen LogP contribution in [0.5, 0.6) is 5.75 Å². The van der Waals surface area contributed by atoms with Crippen molar-refractivity contribution in [3.05, 3.63) is 80.5 Å². The highest BCUT2D eigenvalue weighted by molar-refractivity contribution is 7.80. The van der Waals surface area contributed by atoms with E-state index in [2.05, 4.69) is 15.5 Å². The van der Waals surface area contributed by atoms with Crippen molar-refractivity contribution < 1.29 is 19.2 Å². The van der Waals surface area contributed by atoms with Gasteiger partial charge in [0, 0.05) is 49.2 Å². The summed E-state index contributed by atoms with van der Waals surface area (Å²) in [6.07, 6.45) is 0. The summed E-state index contributed by atoms with van der Waals surface area (Å²) in [6.45, 7) is 2.76. The zero-order valence-corrected chi connectivity index (χ0v) is 20.9. The Morgan fingerprint density at radius 2 is 1.81 bits per heavy atom. The number of hydrogen-bond donors (Lipinski definition) is 2. The Morgan fingerprint density at radius 3 is 2.42 bits per heavy atom. The van der Waals surface area contributed by atoms with E-state index in [0.29, 0.717) is 18.8 Å². The van der Waals surface area contributed by atoms with Crippen molar-refractivity contribution in [2.45, 2.75) is 0 Å². The van der Waals surface area contributed by atoms with E-state index in [1.165, 1.54) is 30.6 Å². The Kier molecular flexibility index (Phi) is 7.76. The maximum Gasteiger partial charge on any atom is 0.311 e. The Morgan fingerprint density at radius 1 is 1.08 bits per heavy atom. The second-order valence-corrected chi connectivity index (χ2v) is 9.21. The number of thiophene rings is 1. The lowest BCUT2D eigenvalue weighted by Gasteiger charge is -2.36. The third kappa shape index (κ3) is 5.78. The minimum atomic E-state index is -0.616. The monoisotopic (exact) mass is 525 g/mol. The number of hydrogen-bond acceptors (Lipinski definition) is 8. The standard InChI is InChI=1S/C24H23N5O5S2/c1-34-20-9-4-16(15-19(20)29(32)33)22(30)26-24(35)25-17-5-7-18(8-6-17)27-10-12-28(13-11-27)23(31)21-3-2-14-36-21/h2-9,14-15H,10-13H2,1H3,(H2,25,26,30,35). The van der Waals surface area contributed by atoms with Crippen molar-refractivity contribution in [2.24, 2.45) is 0 Å². The number of carbonyl (C=O) groups is 2. The van der Waals surface area contributed by atoms with E-state index in [9.17, 15) is 19.7 Å². The molecule has 0 aliphatic carbocycles. The molecule has 2 aromatic carbocycles. The lowest BCUT2D eigenvalue weighted by atomic mass is 10.1. The molecular weight excluding hydrogens is 502 g/mol. The maximum atomic E-state index is 12.5. The number of nitrogens with one attached hydrogen (secondary N) is 2. The zero-order valence-electron chi connectivity index (χ0n) is 19.3. The van der Waals surface area contributed by atoms with Crippen molar-refractivity contribution in [1.82, 2.24) is 10.2 Å². The molecule has 0 bridgehead atoms. The van der Waals surface area contributed by atoms with Crippen LogP contribution in [0.15, 0.2) is 60.0 Å². The van der Waals surface area contributed by atoms with E-state index in [4.69, 9.17) is 17.0 Å². The van der Waals surface area contributed by atoms with Gasteiger partial charge >= 0.3 is 5.69 Å². The first-order valence-corrected chi connectivity index (χ1v) is 12.3. The van der Waals surface area contributed by atoms with Gasteiger partial charge in [0.2, 0.25) is 0 Å². The van der Waals surface area contributed by atoms with Gasteiger partial charge < -0.3 is 19.9 Å². The van der Waals surface area contributed by atoms with Gasteiger partial charge in [0.25, 0.3) is 11.8 Å². The van der Waals surface area contributed by atoms with Crippen LogP contribution < -0.4 is 20.3 Å². The molecule has 1 aliphatic heterocycles.